The van der Waals surface area contributed by atoms with Crippen molar-refractivity contribution in [3.63, 3.8) is 0 Å². The molecule has 0 aliphatic carbocycles. The van der Waals surface area contributed by atoms with E-state index in [9.17, 15) is 9.59 Å². The summed E-state index contributed by atoms with van der Waals surface area (Å²) >= 11 is 1.28. The Morgan fingerprint density at radius 1 is 1.18 bits per heavy atom. The molecule has 0 bridgehead atoms. The van der Waals surface area contributed by atoms with Crippen LogP contribution in [0.4, 0.5) is 9.93 Å². The zero-order chi connectivity index (χ0) is 16.1. The number of carbonyl (C=O) groups is 2. The van der Waals surface area contributed by atoms with Gasteiger partial charge in [-0.25, -0.2) is 4.79 Å². The van der Waals surface area contributed by atoms with Crippen molar-refractivity contribution in [2.75, 3.05) is 19.4 Å². The molecular formula is C14H17N5O2S. The Morgan fingerprint density at radius 2 is 1.86 bits per heavy atom. The fraction of sp³-hybridized carbons (Fsp3) is 0.286. The number of rotatable bonds is 4. The molecule has 1 atom stereocenters. The van der Waals surface area contributed by atoms with Gasteiger partial charge in [0.2, 0.25) is 11.0 Å². The lowest BCUT2D eigenvalue weighted by atomic mass is 10.2. The summed E-state index contributed by atoms with van der Waals surface area (Å²) < 4.78 is 0. The van der Waals surface area contributed by atoms with Gasteiger partial charge in [0.15, 0.2) is 0 Å². The summed E-state index contributed by atoms with van der Waals surface area (Å²) in [5, 5.41) is 14.3. The molecular weight excluding hydrogens is 302 g/mol. The van der Waals surface area contributed by atoms with Gasteiger partial charge in [0.05, 0.1) is 0 Å². The van der Waals surface area contributed by atoms with Crippen LogP contribution < -0.4 is 10.6 Å². The molecule has 22 heavy (non-hydrogen) atoms. The van der Waals surface area contributed by atoms with Crippen LogP contribution in [0, 0.1) is 0 Å². The molecule has 7 nitrogen and oxygen atoms in total. The normalized spacial score (nSPS) is 11.6. The van der Waals surface area contributed by atoms with E-state index in [2.05, 4.69) is 20.8 Å². The summed E-state index contributed by atoms with van der Waals surface area (Å²) in [5.74, 6) is -0.342. The highest BCUT2D eigenvalue weighted by Gasteiger charge is 2.18. The molecule has 1 aromatic heterocycles. The first-order valence-electron chi connectivity index (χ1n) is 6.65. The van der Waals surface area contributed by atoms with Crippen molar-refractivity contribution in [3.05, 3.63) is 30.3 Å². The molecule has 0 fully saturated rings. The molecule has 8 heteroatoms. The highest BCUT2D eigenvalue weighted by Crippen LogP contribution is 2.25. The molecule has 0 saturated carbocycles. The molecule has 1 aromatic carbocycles. The summed E-state index contributed by atoms with van der Waals surface area (Å²) in [6.07, 6.45) is 0. The second-order valence-electron chi connectivity index (χ2n) is 4.83. The number of amides is 3. The molecule has 1 unspecified atom stereocenters. The van der Waals surface area contributed by atoms with Crippen LogP contribution in [-0.2, 0) is 4.79 Å². The topological polar surface area (TPSA) is 87.2 Å². The third kappa shape index (κ3) is 4.01. The fourth-order valence-corrected chi connectivity index (χ4v) is 2.32. The van der Waals surface area contributed by atoms with Crippen LogP contribution in [0.25, 0.3) is 10.6 Å². The quantitative estimate of drug-likeness (QED) is 0.899. The molecule has 0 saturated heterocycles. The first-order chi connectivity index (χ1) is 10.5. The van der Waals surface area contributed by atoms with E-state index >= 15 is 0 Å². The Hall–Kier alpha value is -2.48. The van der Waals surface area contributed by atoms with Crippen molar-refractivity contribution in [2.45, 2.75) is 13.0 Å². The Morgan fingerprint density at radius 3 is 2.50 bits per heavy atom. The smallest absolute Gasteiger partial charge is 0.317 e. The van der Waals surface area contributed by atoms with Crippen LogP contribution in [0.15, 0.2) is 30.3 Å². The number of carbonyl (C=O) groups excluding carboxylic acids is 2. The Labute approximate surface area is 132 Å². The minimum atomic E-state index is -0.668. The third-order valence-electron chi connectivity index (χ3n) is 2.82. The average molecular weight is 319 g/mol. The Bertz CT molecular complexity index is 656. The zero-order valence-electron chi connectivity index (χ0n) is 12.5. The number of hydrogen-bond acceptors (Lipinski definition) is 5. The molecule has 2 rings (SSSR count). The van der Waals surface area contributed by atoms with Crippen molar-refractivity contribution >= 4 is 28.4 Å². The van der Waals surface area contributed by atoms with Gasteiger partial charge in [-0.1, -0.05) is 41.7 Å². The summed E-state index contributed by atoms with van der Waals surface area (Å²) in [6.45, 7) is 1.61. The first kappa shape index (κ1) is 15.9. The average Bonchev–Trinajstić information content (AvgIpc) is 2.96. The number of urea groups is 1. The van der Waals surface area contributed by atoms with E-state index in [1.165, 1.54) is 16.2 Å². The van der Waals surface area contributed by atoms with E-state index in [0.717, 1.165) is 10.6 Å². The standard InChI is InChI=1S/C14H17N5O2S/c1-9(15-14(21)19(2)3)11(20)16-13-18-17-12(22-13)10-7-5-4-6-8-10/h4-9H,1-3H3,(H,15,21)(H,16,18,20). The molecule has 0 aliphatic rings. The van der Waals surface area contributed by atoms with Crippen molar-refractivity contribution in [3.8, 4) is 10.6 Å². The van der Waals surface area contributed by atoms with E-state index in [-0.39, 0.29) is 11.9 Å². The van der Waals surface area contributed by atoms with Crippen LogP contribution >= 0.6 is 11.3 Å². The molecule has 2 N–H and O–H groups in total. The molecule has 2 aromatic rings. The van der Waals surface area contributed by atoms with E-state index in [0.29, 0.717) is 5.13 Å². The SMILES string of the molecule is CC(NC(=O)N(C)C)C(=O)Nc1nnc(-c2ccccc2)s1. The molecule has 0 aliphatic heterocycles. The number of benzene rings is 1. The number of aromatic nitrogens is 2. The second-order valence-corrected chi connectivity index (χ2v) is 5.81. The molecule has 116 valence electrons. The molecule has 3 amide bonds. The summed E-state index contributed by atoms with van der Waals surface area (Å²) in [6, 6.07) is 8.59. The number of nitrogens with zero attached hydrogens (tertiary/aromatic N) is 3. The lowest BCUT2D eigenvalue weighted by Gasteiger charge is -2.16. The lowest BCUT2D eigenvalue weighted by molar-refractivity contribution is -0.117. The van der Waals surface area contributed by atoms with Gasteiger partial charge in [0, 0.05) is 19.7 Å². The Kier molecular flexibility index (Phi) is 5.05. The van der Waals surface area contributed by atoms with Gasteiger partial charge in [0.25, 0.3) is 0 Å². The second kappa shape index (κ2) is 6.99. The highest BCUT2D eigenvalue weighted by atomic mass is 32.1. The van der Waals surface area contributed by atoms with Gasteiger partial charge in [-0.2, -0.15) is 0 Å². The van der Waals surface area contributed by atoms with Crippen molar-refractivity contribution in [1.82, 2.24) is 20.4 Å². The van der Waals surface area contributed by atoms with Gasteiger partial charge >= 0.3 is 6.03 Å². The van der Waals surface area contributed by atoms with Crippen LogP contribution in [-0.4, -0.2) is 47.2 Å². The van der Waals surface area contributed by atoms with E-state index in [4.69, 9.17) is 0 Å². The Balaban J connectivity index is 1.98. The van der Waals surface area contributed by atoms with E-state index in [1.54, 1.807) is 21.0 Å². The van der Waals surface area contributed by atoms with Crippen molar-refractivity contribution < 1.29 is 9.59 Å². The first-order valence-corrected chi connectivity index (χ1v) is 7.46. The van der Waals surface area contributed by atoms with E-state index in [1.807, 2.05) is 30.3 Å². The third-order valence-corrected chi connectivity index (χ3v) is 3.70. The number of nitrogens with one attached hydrogen (secondary N) is 2. The van der Waals surface area contributed by atoms with Crippen LogP contribution in [0.1, 0.15) is 6.92 Å². The predicted octanol–water partition coefficient (Wildman–Crippen LogP) is 1.80. The van der Waals surface area contributed by atoms with Crippen LogP contribution in [0.2, 0.25) is 0 Å². The minimum Gasteiger partial charge on any atom is -0.331 e. The maximum Gasteiger partial charge on any atom is 0.317 e. The van der Waals surface area contributed by atoms with Crippen molar-refractivity contribution in [1.29, 1.82) is 0 Å². The maximum absolute atomic E-state index is 12.0. The monoisotopic (exact) mass is 319 g/mol. The van der Waals surface area contributed by atoms with Gasteiger partial charge in [-0.3, -0.25) is 10.1 Å². The summed E-state index contributed by atoms with van der Waals surface area (Å²) in [5.41, 5.74) is 0.939. The zero-order valence-corrected chi connectivity index (χ0v) is 13.3. The lowest BCUT2D eigenvalue weighted by Crippen LogP contribution is -2.45. The van der Waals surface area contributed by atoms with Gasteiger partial charge < -0.3 is 10.2 Å². The summed E-state index contributed by atoms with van der Waals surface area (Å²) in [4.78, 5) is 24.9. The molecule has 0 spiro atoms. The highest BCUT2D eigenvalue weighted by molar-refractivity contribution is 7.18. The van der Waals surface area contributed by atoms with Gasteiger partial charge in [-0.05, 0) is 6.92 Å². The predicted molar refractivity (Wildman–Crippen MR) is 85.7 cm³/mol. The fourth-order valence-electron chi connectivity index (χ4n) is 1.56. The van der Waals surface area contributed by atoms with Gasteiger partial charge in [0.1, 0.15) is 11.0 Å². The molecule has 0 radical (unpaired) electrons. The summed E-state index contributed by atoms with van der Waals surface area (Å²) in [7, 11) is 3.22. The largest absolute Gasteiger partial charge is 0.331 e. The van der Waals surface area contributed by atoms with Crippen LogP contribution in [0.3, 0.4) is 0 Å². The minimum absolute atomic E-state index is 0.329. The number of anilines is 1. The van der Waals surface area contributed by atoms with Crippen molar-refractivity contribution in [2.24, 2.45) is 0 Å². The van der Waals surface area contributed by atoms with E-state index < -0.39 is 6.04 Å². The van der Waals surface area contributed by atoms with Crippen LogP contribution in [0.5, 0.6) is 0 Å². The maximum atomic E-state index is 12.0. The molecule has 1 heterocycles. The van der Waals surface area contributed by atoms with Gasteiger partial charge in [-0.15, -0.1) is 10.2 Å². The number of hydrogen-bond donors (Lipinski definition) is 2.